The summed E-state index contributed by atoms with van der Waals surface area (Å²) >= 11 is 7.36. The molecule has 0 saturated heterocycles. The standard InChI is InChI=1S/C35H37ClF6N3O3S/c1-34(2,22-10-15-26(36)29(18-22)47-6)30-19-43-33(44(30)24-13-11-23(37)12-14-24)49-20-25-27(38)16-21(17-28(25)39)8-7-9-31(45(3,4)5)48-32(46)35(40,41)42/h10-19,31H,7-9,20H2,1-6H3/q+1. The lowest BCUT2D eigenvalue weighted by Crippen LogP contribution is -2.49. The van der Waals surface area contributed by atoms with Crippen LogP contribution in [-0.4, -0.2) is 60.7 Å². The van der Waals surface area contributed by atoms with Crippen LogP contribution in [0.4, 0.5) is 26.3 Å². The predicted octanol–water partition coefficient (Wildman–Crippen LogP) is 9.03. The smallest absolute Gasteiger partial charge is 0.491 e. The SMILES string of the molecule is COc1cc(C(C)(C)c2cnc(SCc3c(F)cc(CCCC(OC(=O)C(F)(F)F)[N+](C)(C)C)cc3F)n2-c2ccc(F)cc2)ccc1Cl. The molecule has 4 rings (SSSR count). The fourth-order valence-electron chi connectivity index (χ4n) is 5.26. The highest BCUT2D eigenvalue weighted by molar-refractivity contribution is 7.98. The Balaban J connectivity index is 1.56. The van der Waals surface area contributed by atoms with E-state index in [1.165, 1.54) is 31.4 Å². The highest BCUT2D eigenvalue weighted by Crippen LogP contribution is 2.39. The molecule has 4 aromatic rings. The molecule has 6 nitrogen and oxygen atoms in total. The van der Waals surface area contributed by atoms with Gasteiger partial charge in [-0.05, 0) is 72.5 Å². The first kappa shape index (κ1) is 38.1. The van der Waals surface area contributed by atoms with Crippen molar-refractivity contribution < 1.29 is 45.1 Å². The highest BCUT2D eigenvalue weighted by atomic mass is 35.5. The maximum atomic E-state index is 15.3. The van der Waals surface area contributed by atoms with E-state index in [-0.39, 0.29) is 35.1 Å². The minimum absolute atomic E-state index is 0.0414. The van der Waals surface area contributed by atoms with Gasteiger partial charge in [0.15, 0.2) is 5.16 Å². The molecule has 0 bridgehead atoms. The van der Waals surface area contributed by atoms with Crippen molar-refractivity contribution in [3.63, 3.8) is 0 Å². The Kier molecular flexibility index (Phi) is 11.7. The average molecular weight is 729 g/mol. The molecule has 1 unspecified atom stereocenters. The zero-order chi connectivity index (χ0) is 36.3. The monoisotopic (exact) mass is 728 g/mol. The lowest BCUT2D eigenvalue weighted by Gasteiger charge is -2.33. The first-order valence-corrected chi connectivity index (χ1v) is 16.6. The minimum Gasteiger partial charge on any atom is -0.495 e. The van der Waals surface area contributed by atoms with E-state index in [1.54, 1.807) is 45.5 Å². The first-order valence-electron chi connectivity index (χ1n) is 15.2. The van der Waals surface area contributed by atoms with Gasteiger partial charge in [-0.25, -0.2) is 22.9 Å². The van der Waals surface area contributed by atoms with Crippen molar-refractivity contribution in [2.24, 2.45) is 0 Å². The lowest BCUT2D eigenvalue weighted by molar-refractivity contribution is -0.917. The molecule has 1 aromatic heterocycles. The number of imidazole rings is 1. The van der Waals surface area contributed by atoms with E-state index in [2.05, 4.69) is 9.72 Å². The van der Waals surface area contributed by atoms with Crippen LogP contribution in [0.5, 0.6) is 5.75 Å². The number of ether oxygens (including phenoxy) is 2. The number of carbonyl (C=O) groups is 1. The van der Waals surface area contributed by atoms with Crippen molar-refractivity contribution >= 4 is 29.3 Å². The summed E-state index contributed by atoms with van der Waals surface area (Å²) in [6.45, 7) is 3.95. The van der Waals surface area contributed by atoms with Gasteiger partial charge in [0, 0.05) is 28.8 Å². The zero-order valence-corrected chi connectivity index (χ0v) is 29.4. The summed E-state index contributed by atoms with van der Waals surface area (Å²) in [6.07, 6.45) is -4.18. The summed E-state index contributed by atoms with van der Waals surface area (Å²) in [5.41, 5.74) is 1.61. The third kappa shape index (κ3) is 9.11. The van der Waals surface area contributed by atoms with Crippen LogP contribution in [-0.2, 0) is 27.1 Å². The Labute approximate surface area is 290 Å². The number of esters is 1. The van der Waals surface area contributed by atoms with Crippen LogP contribution in [0.15, 0.2) is 66.0 Å². The molecule has 14 heteroatoms. The summed E-state index contributed by atoms with van der Waals surface area (Å²) in [5, 5.41) is 0.860. The number of carbonyl (C=O) groups excluding carboxylic acids is 1. The Bertz CT molecular complexity index is 1770. The van der Waals surface area contributed by atoms with E-state index in [4.69, 9.17) is 16.3 Å². The summed E-state index contributed by atoms with van der Waals surface area (Å²) in [7, 11) is 6.27. The number of benzene rings is 3. The van der Waals surface area contributed by atoms with Crippen LogP contribution in [0.1, 0.15) is 49.1 Å². The molecule has 0 aliphatic heterocycles. The van der Waals surface area contributed by atoms with Crippen LogP contribution in [0.2, 0.25) is 5.02 Å². The molecular formula is C35H37ClF6N3O3S+. The first-order chi connectivity index (χ1) is 22.8. The third-order valence-corrected chi connectivity index (χ3v) is 9.42. The second kappa shape index (κ2) is 15.1. The third-order valence-electron chi connectivity index (χ3n) is 8.13. The molecule has 0 saturated carbocycles. The Morgan fingerprint density at radius 1 is 1.00 bits per heavy atom. The van der Waals surface area contributed by atoms with E-state index < -0.39 is 41.2 Å². The van der Waals surface area contributed by atoms with Gasteiger partial charge in [-0.1, -0.05) is 43.3 Å². The number of aryl methyl sites for hydroxylation is 1. The maximum absolute atomic E-state index is 15.3. The van der Waals surface area contributed by atoms with Crippen LogP contribution in [0.25, 0.3) is 5.69 Å². The quantitative estimate of drug-likeness (QED) is 0.0452. The van der Waals surface area contributed by atoms with Gasteiger partial charge in [0.05, 0.1) is 45.2 Å². The van der Waals surface area contributed by atoms with Crippen molar-refractivity contribution in [1.29, 1.82) is 0 Å². The molecule has 0 aliphatic rings. The second-order valence-corrected chi connectivity index (χ2v) is 14.3. The summed E-state index contributed by atoms with van der Waals surface area (Å²) in [6, 6.07) is 13.6. The van der Waals surface area contributed by atoms with E-state index in [1.807, 2.05) is 30.5 Å². The molecule has 0 radical (unpaired) electrons. The minimum atomic E-state index is -5.13. The van der Waals surface area contributed by atoms with Gasteiger partial charge in [0.2, 0.25) is 6.23 Å². The van der Waals surface area contributed by atoms with Crippen molar-refractivity contribution in [1.82, 2.24) is 9.55 Å². The van der Waals surface area contributed by atoms with Crippen molar-refractivity contribution in [3.8, 4) is 11.4 Å². The number of alkyl halides is 3. The predicted molar refractivity (Wildman–Crippen MR) is 176 cm³/mol. The number of hydrogen-bond donors (Lipinski definition) is 0. The highest BCUT2D eigenvalue weighted by Gasteiger charge is 2.44. The van der Waals surface area contributed by atoms with Gasteiger partial charge >= 0.3 is 12.1 Å². The van der Waals surface area contributed by atoms with Gasteiger partial charge in [-0.3, -0.25) is 9.05 Å². The number of methoxy groups -OCH3 is 1. The molecule has 0 amide bonds. The summed E-state index contributed by atoms with van der Waals surface area (Å²) in [4.78, 5) is 16.0. The number of hydrogen-bond acceptors (Lipinski definition) is 5. The van der Waals surface area contributed by atoms with E-state index >= 15 is 8.78 Å². The molecule has 0 fully saturated rings. The molecule has 0 N–H and O–H groups in total. The molecular weight excluding hydrogens is 692 g/mol. The van der Waals surface area contributed by atoms with Crippen molar-refractivity contribution in [2.45, 2.75) is 61.8 Å². The maximum Gasteiger partial charge on any atom is 0.491 e. The van der Waals surface area contributed by atoms with E-state index in [0.717, 1.165) is 23.0 Å². The van der Waals surface area contributed by atoms with Gasteiger partial charge in [0.1, 0.15) is 23.2 Å². The average Bonchev–Trinajstić information content (AvgIpc) is 3.44. The number of thioether (sulfide) groups is 1. The van der Waals surface area contributed by atoms with E-state index in [0.29, 0.717) is 27.2 Å². The van der Waals surface area contributed by atoms with Gasteiger partial charge in [-0.2, -0.15) is 13.2 Å². The Hall–Kier alpha value is -3.68. The lowest BCUT2D eigenvalue weighted by atomic mass is 9.81. The molecule has 264 valence electrons. The number of nitrogens with zero attached hydrogens (tertiary/aromatic N) is 3. The number of halogens is 7. The molecule has 0 spiro atoms. The Morgan fingerprint density at radius 3 is 2.20 bits per heavy atom. The zero-order valence-electron chi connectivity index (χ0n) is 27.8. The van der Waals surface area contributed by atoms with Crippen LogP contribution >= 0.6 is 23.4 Å². The fraction of sp³-hybridized carbons (Fsp3) is 0.371. The Morgan fingerprint density at radius 2 is 1.63 bits per heavy atom. The van der Waals surface area contributed by atoms with Gasteiger partial charge in [-0.15, -0.1) is 0 Å². The molecule has 3 aromatic carbocycles. The molecule has 0 aliphatic carbocycles. The summed E-state index contributed by atoms with van der Waals surface area (Å²) < 4.78 is 94.7. The summed E-state index contributed by atoms with van der Waals surface area (Å²) in [5.74, 6) is -3.93. The van der Waals surface area contributed by atoms with Crippen LogP contribution in [0, 0.1) is 17.5 Å². The largest absolute Gasteiger partial charge is 0.495 e. The van der Waals surface area contributed by atoms with Crippen molar-refractivity contribution in [2.75, 3.05) is 28.3 Å². The normalized spacial score (nSPS) is 13.0. The topological polar surface area (TPSA) is 53.4 Å². The van der Waals surface area contributed by atoms with Gasteiger partial charge in [0.25, 0.3) is 0 Å². The molecule has 1 atom stereocenters. The van der Waals surface area contributed by atoms with Crippen LogP contribution in [0.3, 0.4) is 0 Å². The van der Waals surface area contributed by atoms with Crippen molar-refractivity contribution in [3.05, 3.63) is 106 Å². The molecule has 1 heterocycles. The number of aromatic nitrogens is 2. The number of rotatable bonds is 13. The van der Waals surface area contributed by atoms with Crippen LogP contribution < -0.4 is 4.74 Å². The number of quaternary nitrogens is 1. The fourth-order valence-corrected chi connectivity index (χ4v) is 6.47. The van der Waals surface area contributed by atoms with Gasteiger partial charge < -0.3 is 9.47 Å². The second-order valence-electron chi connectivity index (χ2n) is 12.9. The van der Waals surface area contributed by atoms with E-state index in [9.17, 15) is 22.4 Å². The molecule has 49 heavy (non-hydrogen) atoms.